The number of nitrogens with zero attached hydrogens (tertiary/aromatic N) is 1. The third-order valence-corrected chi connectivity index (χ3v) is 10.6. The van der Waals surface area contributed by atoms with Crippen molar-refractivity contribution in [1.29, 1.82) is 0 Å². The molecule has 1 unspecified atom stereocenters. The molecule has 0 saturated carbocycles. The van der Waals surface area contributed by atoms with Crippen molar-refractivity contribution in [3.05, 3.63) is 0 Å². The van der Waals surface area contributed by atoms with Gasteiger partial charge in [-0.05, 0) is 24.3 Å². The fourth-order valence-corrected chi connectivity index (χ4v) is 5.32. The highest BCUT2D eigenvalue weighted by Crippen LogP contribution is 2.42. The normalized spacial score (nSPS) is 28.4. The summed E-state index contributed by atoms with van der Waals surface area (Å²) >= 11 is 0. The van der Waals surface area contributed by atoms with Crippen LogP contribution in [0.3, 0.4) is 0 Å². The van der Waals surface area contributed by atoms with E-state index in [0.717, 1.165) is 19.4 Å². The smallest absolute Gasteiger partial charge is 0.217 e. The van der Waals surface area contributed by atoms with Crippen LogP contribution >= 0.6 is 0 Å². The molecule has 20 heavy (non-hydrogen) atoms. The van der Waals surface area contributed by atoms with Gasteiger partial charge in [0.05, 0.1) is 12.6 Å². The Morgan fingerprint density at radius 2 is 2.05 bits per heavy atom. The van der Waals surface area contributed by atoms with Crippen molar-refractivity contribution in [3.8, 4) is 0 Å². The first-order chi connectivity index (χ1) is 9.23. The number of hydrogen-bond donors (Lipinski definition) is 0. The van der Waals surface area contributed by atoms with E-state index in [1.54, 1.807) is 0 Å². The van der Waals surface area contributed by atoms with Gasteiger partial charge in [0, 0.05) is 13.0 Å². The maximum absolute atomic E-state index is 12.1. The zero-order valence-corrected chi connectivity index (χ0v) is 14.6. The van der Waals surface area contributed by atoms with Gasteiger partial charge in [0.25, 0.3) is 0 Å². The molecule has 0 N–H and O–H groups in total. The average Bonchev–Trinajstić information content (AvgIpc) is 2.33. The lowest BCUT2D eigenvalue weighted by Gasteiger charge is -2.55. The van der Waals surface area contributed by atoms with E-state index >= 15 is 0 Å². The Labute approximate surface area is 123 Å². The van der Waals surface area contributed by atoms with Crippen molar-refractivity contribution in [2.75, 3.05) is 13.2 Å². The van der Waals surface area contributed by atoms with Gasteiger partial charge >= 0.3 is 0 Å². The van der Waals surface area contributed by atoms with E-state index in [1.807, 2.05) is 0 Å². The minimum atomic E-state index is -1.77. The lowest BCUT2D eigenvalue weighted by molar-refractivity contribution is -0.178. The molecule has 116 valence electrons. The van der Waals surface area contributed by atoms with Gasteiger partial charge < -0.3 is 14.0 Å². The molecule has 5 heteroatoms. The summed E-state index contributed by atoms with van der Waals surface area (Å²) in [7, 11) is -1.77. The molecule has 1 amide bonds. The van der Waals surface area contributed by atoms with Crippen molar-refractivity contribution in [3.63, 3.8) is 0 Å². The minimum absolute atomic E-state index is 0.0549. The van der Waals surface area contributed by atoms with Gasteiger partial charge in [-0.15, -0.1) is 0 Å². The van der Waals surface area contributed by atoms with E-state index < -0.39 is 8.24 Å². The molecule has 0 radical (unpaired) electrons. The van der Waals surface area contributed by atoms with Crippen LogP contribution in [0.4, 0.5) is 0 Å². The van der Waals surface area contributed by atoms with Crippen molar-refractivity contribution in [2.45, 2.75) is 76.9 Å². The largest absolute Gasteiger partial charge is 0.364 e. The Balaban J connectivity index is 1.91. The van der Waals surface area contributed by atoms with Gasteiger partial charge in [-0.25, -0.2) is 0 Å². The third-order valence-electron chi connectivity index (χ3n) is 5.09. The van der Waals surface area contributed by atoms with E-state index in [-0.39, 0.29) is 17.4 Å². The SMILES string of the molecule is CC(C)(C)[Si](C)(C)N1C(=O)C[C@H]1COC1CCCCO1. The molecule has 2 aliphatic rings. The molecule has 2 atom stereocenters. The van der Waals surface area contributed by atoms with Crippen LogP contribution in [0.5, 0.6) is 0 Å². The van der Waals surface area contributed by atoms with Crippen LogP contribution < -0.4 is 0 Å². The van der Waals surface area contributed by atoms with Crippen molar-refractivity contribution >= 4 is 14.1 Å². The minimum Gasteiger partial charge on any atom is -0.364 e. The summed E-state index contributed by atoms with van der Waals surface area (Å²) in [6, 6.07) is 0.258. The molecule has 0 aromatic heterocycles. The van der Waals surface area contributed by atoms with Crippen LogP contribution in [0.25, 0.3) is 0 Å². The van der Waals surface area contributed by atoms with Crippen molar-refractivity contribution in [1.82, 2.24) is 4.57 Å². The fraction of sp³-hybridized carbons (Fsp3) is 0.933. The first kappa shape index (κ1) is 16.0. The Hall–Kier alpha value is -0.393. The second kappa shape index (κ2) is 5.77. The van der Waals surface area contributed by atoms with E-state index in [9.17, 15) is 4.79 Å². The number of β-lactam (4-membered cyclic amide) rings is 1. The Morgan fingerprint density at radius 3 is 2.55 bits per heavy atom. The van der Waals surface area contributed by atoms with E-state index in [1.165, 1.54) is 6.42 Å². The summed E-state index contributed by atoms with van der Waals surface area (Å²) < 4.78 is 13.6. The second-order valence-corrected chi connectivity index (χ2v) is 12.7. The summed E-state index contributed by atoms with van der Waals surface area (Å²) in [5, 5.41) is 0.183. The van der Waals surface area contributed by atoms with Crippen LogP contribution in [0.2, 0.25) is 18.1 Å². The van der Waals surface area contributed by atoms with Crippen molar-refractivity contribution < 1.29 is 14.3 Å². The Bertz CT molecular complexity index is 359. The quantitative estimate of drug-likeness (QED) is 0.591. The molecule has 0 spiro atoms. The lowest BCUT2D eigenvalue weighted by Crippen LogP contribution is -2.69. The van der Waals surface area contributed by atoms with E-state index in [4.69, 9.17) is 9.47 Å². The molecule has 4 nitrogen and oxygen atoms in total. The van der Waals surface area contributed by atoms with Gasteiger partial charge in [0.15, 0.2) is 14.5 Å². The highest BCUT2D eigenvalue weighted by molar-refractivity contribution is 6.79. The number of amides is 1. The summed E-state index contributed by atoms with van der Waals surface area (Å²) in [6.45, 7) is 12.7. The monoisotopic (exact) mass is 299 g/mol. The standard InChI is InChI=1S/C15H29NO3Si/c1-15(2,3)20(4,5)16-12(10-13(16)17)11-19-14-8-6-7-9-18-14/h12,14H,6-11H2,1-5H3/t12-,14?/m0/s1. The zero-order chi connectivity index (χ0) is 15.0. The average molecular weight is 299 g/mol. The van der Waals surface area contributed by atoms with Crippen LogP contribution in [0.1, 0.15) is 46.5 Å². The summed E-state index contributed by atoms with van der Waals surface area (Å²) in [5.74, 6) is 0.301. The topological polar surface area (TPSA) is 38.8 Å². The van der Waals surface area contributed by atoms with Crippen LogP contribution in [-0.2, 0) is 14.3 Å². The lowest BCUT2D eigenvalue weighted by atomic mass is 10.1. The molecular weight excluding hydrogens is 270 g/mol. The molecule has 2 saturated heterocycles. The van der Waals surface area contributed by atoms with Crippen molar-refractivity contribution in [2.24, 2.45) is 0 Å². The summed E-state index contributed by atoms with van der Waals surface area (Å²) in [6.07, 6.45) is 3.89. The van der Waals surface area contributed by atoms with Crippen LogP contribution in [0.15, 0.2) is 0 Å². The molecule has 2 heterocycles. The molecule has 0 aromatic carbocycles. The van der Waals surface area contributed by atoms with E-state index in [2.05, 4.69) is 38.4 Å². The number of ether oxygens (including phenoxy) is 2. The maximum atomic E-state index is 12.1. The first-order valence-electron chi connectivity index (χ1n) is 7.79. The highest BCUT2D eigenvalue weighted by atomic mass is 28.3. The molecular formula is C15H29NO3Si. The predicted molar refractivity (Wildman–Crippen MR) is 82.0 cm³/mol. The molecule has 0 aromatic rings. The first-order valence-corrected chi connectivity index (χ1v) is 10.7. The Morgan fingerprint density at radius 1 is 1.35 bits per heavy atom. The zero-order valence-electron chi connectivity index (χ0n) is 13.6. The van der Waals surface area contributed by atoms with Gasteiger partial charge in [0.2, 0.25) is 5.91 Å². The van der Waals surface area contributed by atoms with Gasteiger partial charge in [-0.2, -0.15) is 0 Å². The van der Waals surface area contributed by atoms with Gasteiger partial charge in [-0.1, -0.05) is 33.9 Å². The number of rotatable bonds is 4. The summed E-state index contributed by atoms with van der Waals surface area (Å²) in [4.78, 5) is 12.1. The molecule has 0 bridgehead atoms. The van der Waals surface area contributed by atoms with Gasteiger partial charge in [-0.3, -0.25) is 4.79 Å². The molecule has 2 rings (SSSR count). The second-order valence-electron chi connectivity index (χ2n) is 7.56. The number of carbonyl (C=O) groups excluding carboxylic acids is 1. The van der Waals surface area contributed by atoms with Crippen LogP contribution in [-0.4, -0.2) is 44.3 Å². The number of hydrogen-bond acceptors (Lipinski definition) is 3. The third kappa shape index (κ3) is 3.10. The van der Waals surface area contributed by atoms with Crippen LogP contribution in [0, 0.1) is 0 Å². The maximum Gasteiger partial charge on any atom is 0.217 e. The van der Waals surface area contributed by atoms with Gasteiger partial charge in [0.1, 0.15) is 0 Å². The highest BCUT2D eigenvalue weighted by Gasteiger charge is 2.51. The molecule has 0 aliphatic carbocycles. The van der Waals surface area contributed by atoms with E-state index in [0.29, 0.717) is 18.9 Å². The molecule has 2 aliphatic heterocycles. The molecule has 2 fully saturated rings. The summed E-state index contributed by atoms with van der Waals surface area (Å²) in [5.41, 5.74) is 0. The predicted octanol–water partition coefficient (Wildman–Crippen LogP) is 3.14. The number of carbonyl (C=O) groups is 1. The Kier molecular flexibility index (Phi) is 4.62. The fourth-order valence-electron chi connectivity index (χ4n) is 2.81.